The first-order valence-corrected chi connectivity index (χ1v) is 9.89. The van der Waals surface area contributed by atoms with E-state index in [9.17, 15) is 0 Å². The average Bonchev–Trinajstić information content (AvgIpc) is 1.98. The molecule has 84 valence electrons. The van der Waals surface area contributed by atoms with Crippen molar-refractivity contribution in [2.24, 2.45) is 5.41 Å². The van der Waals surface area contributed by atoms with Gasteiger partial charge in [-0.05, 0) is 31.2 Å². The Kier molecular flexibility index (Phi) is 4.20. The van der Waals surface area contributed by atoms with Crippen LogP contribution in [0.3, 0.4) is 0 Å². The first-order chi connectivity index (χ1) is 6.47. The van der Waals surface area contributed by atoms with E-state index in [1.807, 2.05) is 0 Å². The van der Waals surface area contributed by atoms with Crippen molar-refractivity contribution in [1.82, 2.24) is 5.32 Å². The van der Waals surface area contributed by atoms with Gasteiger partial charge in [0.05, 0.1) is 0 Å². The van der Waals surface area contributed by atoms with Crippen LogP contribution >= 0.6 is 0 Å². The zero-order valence-corrected chi connectivity index (χ0v) is 11.4. The highest BCUT2D eigenvalue weighted by Gasteiger charge is 2.39. The monoisotopic (exact) mass is 213 g/mol. The van der Waals surface area contributed by atoms with Gasteiger partial charge < -0.3 is 5.32 Å². The van der Waals surface area contributed by atoms with Gasteiger partial charge in [-0.2, -0.15) is 0 Å². The molecule has 0 spiro atoms. The summed E-state index contributed by atoms with van der Waals surface area (Å²) in [6, 6.07) is 1.52. The maximum absolute atomic E-state index is 3.62. The van der Waals surface area contributed by atoms with Gasteiger partial charge in [-0.1, -0.05) is 39.0 Å². The third-order valence-corrected chi connectivity index (χ3v) is 5.06. The zero-order chi connectivity index (χ0) is 10.7. The van der Waals surface area contributed by atoms with Crippen LogP contribution in [0.15, 0.2) is 0 Å². The molecule has 1 nitrogen and oxygen atoms in total. The molecular weight excluding hydrogens is 186 g/mol. The predicted octanol–water partition coefficient (Wildman–Crippen LogP) is 3.49. The lowest BCUT2D eigenvalue weighted by molar-refractivity contribution is 0.155. The van der Waals surface area contributed by atoms with Gasteiger partial charge >= 0.3 is 0 Å². The fourth-order valence-electron chi connectivity index (χ4n) is 2.75. The number of hydrogen-bond acceptors (Lipinski definition) is 1. The third kappa shape index (κ3) is 3.74. The second kappa shape index (κ2) is 4.80. The van der Waals surface area contributed by atoms with Gasteiger partial charge in [-0.25, -0.2) is 0 Å². The lowest BCUT2D eigenvalue weighted by Gasteiger charge is -2.45. The van der Waals surface area contributed by atoms with Crippen molar-refractivity contribution in [2.45, 2.75) is 58.3 Å². The van der Waals surface area contributed by atoms with Gasteiger partial charge in [0, 0.05) is 14.6 Å². The lowest BCUT2D eigenvalue weighted by atomic mass is 9.70. The standard InChI is InChI=1S/C12H27NSi/c1-5-9-13-10-12(7-6-8-12)11-14(2,3)4/h13H,5-11H2,1-4H3. The smallest absolute Gasteiger partial charge is 0.0448 e. The Balaban J connectivity index is 2.34. The normalized spacial score (nSPS) is 20.6. The van der Waals surface area contributed by atoms with Crippen LogP contribution in [0.5, 0.6) is 0 Å². The molecule has 0 unspecified atom stereocenters. The van der Waals surface area contributed by atoms with Crippen molar-refractivity contribution in [2.75, 3.05) is 13.1 Å². The Morgan fingerprint density at radius 2 is 1.86 bits per heavy atom. The van der Waals surface area contributed by atoms with Crippen molar-refractivity contribution in [3.05, 3.63) is 0 Å². The van der Waals surface area contributed by atoms with Gasteiger partial charge in [0.2, 0.25) is 0 Å². The summed E-state index contributed by atoms with van der Waals surface area (Å²) >= 11 is 0. The van der Waals surface area contributed by atoms with Crippen molar-refractivity contribution in [3.8, 4) is 0 Å². The Labute approximate surface area is 90.7 Å². The van der Waals surface area contributed by atoms with Gasteiger partial charge in [-0.3, -0.25) is 0 Å². The molecule has 1 rings (SSSR count). The summed E-state index contributed by atoms with van der Waals surface area (Å²) in [5.74, 6) is 0. The van der Waals surface area contributed by atoms with Crippen molar-refractivity contribution in [3.63, 3.8) is 0 Å². The van der Waals surface area contributed by atoms with Crippen LogP contribution in [-0.2, 0) is 0 Å². The topological polar surface area (TPSA) is 12.0 Å². The summed E-state index contributed by atoms with van der Waals surface area (Å²) in [6.45, 7) is 12.3. The van der Waals surface area contributed by atoms with Gasteiger partial charge in [0.1, 0.15) is 0 Å². The number of hydrogen-bond donors (Lipinski definition) is 1. The Hall–Kier alpha value is 0.177. The lowest BCUT2D eigenvalue weighted by Crippen LogP contribution is -2.44. The van der Waals surface area contributed by atoms with E-state index in [2.05, 4.69) is 31.9 Å². The molecule has 1 saturated carbocycles. The summed E-state index contributed by atoms with van der Waals surface area (Å²) in [4.78, 5) is 0. The molecule has 0 aromatic carbocycles. The van der Waals surface area contributed by atoms with E-state index in [1.165, 1.54) is 44.8 Å². The van der Waals surface area contributed by atoms with Crippen LogP contribution < -0.4 is 5.32 Å². The van der Waals surface area contributed by atoms with Crippen molar-refractivity contribution >= 4 is 8.07 Å². The molecule has 14 heavy (non-hydrogen) atoms. The Morgan fingerprint density at radius 3 is 2.21 bits per heavy atom. The van der Waals surface area contributed by atoms with Crippen LogP contribution in [0.4, 0.5) is 0 Å². The fourth-order valence-corrected chi connectivity index (χ4v) is 5.48. The summed E-state index contributed by atoms with van der Waals surface area (Å²) in [7, 11) is -0.863. The molecule has 0 aliphatic heterocycles. The predicted molar refractivity (Wildman–Crippen MR) is 67.6 cm³/mol. The summed E-state index contributed by atoms with van der Waals surface area (Å²) in [5, 5.41) is 3.62. The maximum atomic E-state index is 3.62. The molecule has 1 N–H and O–H groups in total. The molecule has 0 bridgehead atoms. The first kappa shape index (κ1) is 12.2. The van der Waals surface area contributed by atoms with E-state index in [-0.39, 0.29) is 0 Å². The van der Waals surface area contributed by atoms with Crippen LogP contribution in [0.1, 0.15) is 32.6 Å². The Morgan fingerprint density at radius 1 is 1.21 bits per heavy atom. The molecule has 1 aliphatic carbocycles. The number of rotatable bonds is 6. The van der Waals surface area contributed by atoms with Gasteiger partial charge in [0.25, 0.3) is 0 Å². The number of nitrogens with one attached hydrogen (secondary N) is 1. The second-order valence-electron chi connectivity index (χ2n) is 6.27. The highest BCUT2D eigenvalue weighted by atomic mass is 28.3. The molecule has 1 aliphatic rings. The molecule has 0 aromatic heterocycles. The van der Waals surface area contributed by atoms with E-state index in [0.29, 0.717) is 5.41 Å². The minimum atomic E-state index is -0.863. The molecule has 1 fully saturated rings. The largest absolute Gasteiger partial charge is 0.316 e. The van der Waals surface area contributed by atoms with Crippen LogP contribution in [0.2, 0.25) is 25.7 Å². The van der Waals surface area contributed by atoms with E-state index in [4.69, 9.17) is 0 Å². The van der Waals surface area contributed by atoms with E-state index in [0.717, 1.165) is 0 Å². The Bertz CT molecular complexity index is 168. The summed E-state index contributed by atoms with van der Waals surface area (Å²) in [6.07, 6.45) is 5.70. The third-order valence-electron chi connectivity index (χ3n) is 3.25. The molecule has 0 aromatic rings. The maximum Gasteiger partial charge on any atom is 0.0448 e. The summed E-state index contributed by atoms with van der Waals surface area (Å²) in [5.41, 5.74) is 0.708. The molecule has 0 atom stereocenters. The minimum Gasteiger partial charge on any atom is -0.316 e. The van der Waals surface area contributed by atoms with E-state index < -0.39 is 8.07 Å². The average molecular weight is 213 g/mol. The molecule has 0 radical (unpaired) electrons. The van der Waals surface area contributed by atoms with E-state index in [1.54, 1.807) is 0 Å². The molecular formula is C12H27NSi. The molecule has 0 saturated heterocycles. The summed E-state index contributed by atoms with van der Waals surface area (Å²) < 4.78 is 0. The SMILES string of the molecule is CCCNCC1(C[Si](C)(C)C)CCC1. The minimum absolute atomic E-state index is 0.708. The van der Waals surface area contributed by atoms with Crippen molar-refractivity contribution < 1.29 is 0 Å². The van der Waals surface area contributed by atoms with Crippen LogP contribution in [-0.4, -0.2) is 21.2 Å². The molecule has 0 amide bonds. The van der Waals surface area contributed by atoms with Crippen molar-refractivity contribution in [1.29, 1.82) is 0 Å². The zero-order valence-electron chi connectivity index (χ0n) is 10.4. The highest BCUT2D eigenvalue weighted by Crippen LogP contribution is 2.46. The van der Waals surface area contributed by atoms with Gasteiger partial charge in [-0.15, -0.1) is 0 Å². The van der Waals surface area contributed by atoms with Crippen LogP contribution in [0.25, 0.3) is 0 Å². The second-order valence-corrected chi connectivity index (χ2v) is 11.7. The molecule has 0 heterocycles. The molecule has 2 heteroatoms. The first-order valence-electron chi connectivity index (χ1n) is 6.18. The van der Waals surface area contributed by atoms with Crippen LogP contribution in [0, 0.1) is 5.41 Å². The van der Waals surface area contributed by atoms with E-state index >= 15 is 0 Å². The van der Waals surface area contributed by atoms with Gasteiger partial charge in [0.15, 0.2) is 0 Å². The highest BCUT2D eigenvalue weighted by molar-refractivity contribution is 6.76. The fraction of sp³-hybridized carbons (Fsp3) is 1.00. The quantitative estimate of drug-likeness (QED) is 0.526.